The van der Waals surface area contributed by atoms with E-state index < -0.39 is 12.1 Å². The number of nitrogens with zero attached hydrogens (tertiary/aromatic N) is 5. The number of nitrogens with one attached hydrogen (secondary N) is 1. The highest BCUT2D eigenvalue weighted by Crippen LogP contribution is 2.21. The Kier molecular flexibility index (Phi) is 4.79. The molecule has 4 aromatic heterocycles. The lowest BCUT2D eigenvalue weighted by Gasteiger charge is -2.21. The summed E-state index contributed by atoms with van der Waals surface area (Å²) in [5, 5.41) is 7.55. The van der Waals surface area contributed by atoms with Gasteiger partial charge in [-0.3, -0.25) is 19.0 Å². The minimum Gasteiger partial charge on any atom is -0.377 e. The molecule has 9 nitrogen and oxygen atoms in total. The third kappa shape index (κ3) is 3.49. The molecule has 1 N–H and O–H groups in total. The molecule has 9 heteroatoms. The molecule has 1 aliphatic rings. The Morgan fingerprint density at radius 1 is 1.13 bits per heavy atom. The van der Waals surface area contributed by atoms with E-state index in [1.54, 1.807) is 36.0 Å². The fourth-order valence-electron chi connectivity index (χ4n) is 3.89. The molecule has 0 radical (unpaired) electrons. The highest BCUT2D eigenvalue weighted by atomic mass is 16.5. The van der Waals surface area contributed by atoms with Gasteiger partial charge in [-0.2, -0.15) is 5.10 Å². The molecule has 4 aromatic rings. The van der Waals surface area contributed by atoms with Gasteiger partial charge in [-0.1, -0.05) is 6.07 Å². The van der Waals surface area contributed by atoms with Gasteiger partial charge in [0, 0.05) is 30.2 Å². The van der Waals surface area contributed by atoms with Gasteiger partial charge in [0.2, 0.25) is 0 Å². The Balaban J connectivity index is 1.45. The van der Waals surface area contributed by atoms with Crippen LogP contribution in [-0.2, 0) is 4.74 Å². The zero-order valence-electron chi connectivity index (χ0n) is 16.8. The number of hydrogen-bond donors (Lipinski definition) is 1. The molecule has 0 bridgehead atoms. The predicted octanol–water partition coefficient (Wildman–Crippen LogP) is 1.63. The van der Waals surface area contributed by atoms with E-state index in [4.69, 9.17) is 4.74 Å². The topological polar surface area (TPSA) is 103 Å². The van der Waals surface area contributed by atoms with E-state index in [0.717, 1.165) is 5.56 Å². The zero-order chi connectivity index (χ0) is 21.4. The van der Waals surface area contributed by atoms with Crippen molar-refractivity contribution in [3.63, 3.8) is 0 Å². The van der Waals surface area contributed by atoms with Crippen molar-refractivity contribution in [1.29, 1.82) is 0 Å². The van der Waals surface area contributed by atoms with Crippen LogP contribution < -0.4 is 10.9 Å². The number of rotatable bonds is 4. The van der Waals surface area contributed by atoms with Crippen LogP contribution in [0.1, 0.15) is 22.2 Å². The molecular formula is C22H20N6O3. The van der Waals surface area contributed by atoms with E-state index in [0.29, 0.717) is 29.3 Å². The van der Waals surface area contributed by atoms with Crippen LogP contribution in [0.5, 0.6) is 0 Å². The van der Waals surface area contributed by atoms with Gasteiger partial charge < -0.3 is 10.1 Å². The normalized spacial score (nSPS) is 18.4. The lowest BCUT2D eigenvalue weighted by atomic mass is 10.1. The number of hydrogen-bond acceptors (Lipinski definition) is 6. The summed E-state index contributed by atoms with van der Waals surface area (Å²) in [5.74, 6) is -0.268. The van der Waals surface area contributed by atoms with E-state index in [9.17, 15) is 9.59 Å². The number of amides is 1. The number of carbonyl (C=O) groups excluding carboxylic acids is 1. The maximum absolute atomic E-state index is 13.1. The molecular weight excluding hydrogens is 396 g/mol. The lowest BCUT2D eigenvalue weighted by Crippen LogP contribution is -2.44. The minimum atomic E-state index is -0.419. The Morgan fingerprint density at radius 2 is 1.97 bits per heavy atom. The highest BCUT2D eigenvalue weighted by molar-refractivity contribution is 5.94. The second-order valence-corrected chi connectivity index (χ2v) is 7.40. The smallest absolute Gasteiger partial charge is 0.270 e. The van der Waals surface area contributed by atoms with Crippen molar-refractivity contribution in [1.82, 2.24) is 29.5 Å². The van der Waals surface area contributed by atoms with E-state index in [1.807, 2.05) is 30.3 Å². The number of fused-ring (bicyclic) bond motifs is 1. The van der Waals surface area contributed by atoms with Gasteiger partial charge in [0.25, 0.3) is 11.5 Å². The van der Waals surface area contributed by atoms with Crippen LogP contribution in [-0.4, -0.2) is 49.3 Å². The summed E-state index contributed by atoms with van der Waals surface area (Å²) in [5.41, 5.74) is 3.05. The third-order valence-electron chi connectivity index (χ3n) is 5.40. The van der Waals surface area contributed by atoms with Gasteiger partial charge >= 0.3 is 0 Å². The largest absolute Gasteiger partial charge is 0.377 e. The Hall–Kier alpha value is -3.85. The van der Waals surface area contributed by atoms with Crippen molar-refractivity contribution >= 4 is 11.6 Å². The molecule has 0 spiro atoms. The molecule has 2 unspecified atom stereocenters. The van der Waals surface area contributed by atoms with Crippen molar-refractivity contribution in [2.24, 2.45) is 0 Å². The zero-order valence-corrected chi connectivity index (χ0v) is 16.8. The van der Waals surface area contributed by atoms with Crippen LogP contribution in [0.4, 0.5) is 0 Å². The average molecular weight is 416 g/mol. The van der Waals surface area contributed by atoms with E-state index in [-0.39, 0.29) is 18.1 Å². The van der Waals surface area contributed by atoms with Gasteiger partial charge in [-0.15, -0.1) is 0 Å². The van der Waals surface area contributed by atoms with Gasteiger partial charge in [0.15, 0.2) is 0 Å². The molecule has 1 saturated heterocycles. The molecule has 0 saturated carbocycles. The maximum Gasteiger partial charge on any atom is 0.270 e. The first-order chi connectivity index (χ1) is 15.1. The molecule has 1 aliphatic heterocycles. The van der Waals surface area contributed by atoms with E-state index in [1.165, 1.54) is 10.7 Å². The highest BCUT2D eigenvalue weighted by Gasteiger charge is 2.34. The summed E-state index contributed by atoms with van der Waals surface area (Å²) in [6, 6.07) is 11.6. The second-order valence-electron chi connectivity index (χ2n) is 7.40. The van der Waals surface area contributed by atoms with Crippen LogP contribution in [0.15, 0.2) is 65.8 Å². The van der Waals surface area contributed by atoms with Crippen molar-refractivity contribution in [2.45, 2.75) is 19.0 Å². The van der Waals surface area contributed by atoms with E-state index in [2.05, 4.69) is 20.4 Å². The number of ether oxygens (including phenoxy) is 1. The molecule has 0 aliphatic carbocycles. The number of imidazole rings is 1. The maximum atomic E-state index is 13.1. The van der Waals surface area contributed by atoms with Crippen LogP contribution >= 0.6 is 0 Å². The lowest BCUT2D eigenvalue weighted by molar-refractivity contribution is 0.0918. The van der Waals surface area contributed by atoms with Gasteiger partial charge in [0.05, 0.1) is 30.6 Å². The molecule has 1 fully saturated rings. The van der Waals surface area contributed by atoms with Crippen molar-refractivity contribution in [3.8, 4) is 11.3 Å². The summed E-state index contributed by atoms with van der Waals surface area (Å²) >= 11 is 0. The average Bonchev–Trinajstić information content (AvgIpc) is 3.37. The Bertz CT molecular complexity index is 1310. The number of pyridine rings is 2. The van der Waals surface area contributed by atoms with Crippen molar-refractivity contribution in [3.05, 3.63) is 82.8 Å². The first-order valence-electron chi connectivity index (χ1n) is 9.94. The standard InChI is InChI=1S/C22H20N6O3/c1-14-21(27-11-3-2-4-19(27)24-14)22(30)25-17-12-31-13-18(17)28-20(29)6-5-16(26-28)15-7-9-23-10-8-15/h2-11,17-18H,12-13H2,1H3,(H,25,30). The Labute approximate surface area is 177 Å². The predicted molar refractivity (Wildman–Crippen MR) is 113 cm³/mol. The van der Waals surface area contributed by atoms with Gasteiger partial charge in [0.1, 0.15) is 17.4 Å². The number of aromatic nitrogens is 5. The minimum absolute atomic E-state index is 0.251. The molecule has 31 heavy (non-hydrogen) atoms. The fourth-order valence-corrected chi connectivity index (χ4v) is 3.89. The van der Waals surface area contributed by atoms with Gasteiger partial charge in [-0.25, -0.2) is 9.67 Å². The van der Waals surface area contributed by atoms with Gasteiger partial charge in [-0.05, 0) is 37.3 Å². The monoisotopic (exact) mass is 416 g/mol. The van der Waals surface area contributed by atoms with E-state index >= 15 is 0 Å². The van der Waals surface area contributed by atoms with Crippen LogP contribution in [0.3, 0.4) is 0 Å². The third-order valence-corrected chi connectivity index (χ3v) is 5.40. The SMILES string of the molecule is Cc1nc2ccccn2c1C(=O)NC1COCC1n1nc(-c2ccncc2)ccc1=O. The molecule has 1 amide bonds. The summed E-state index contributed by atoms with van der Waals surface area (Å²) < 4.78 is 8.77. The first kappa shape index (κ1) is 19.1. The number of aryl methyl sites for hydroxylation is 1. The summed E-state index contributed by atoms with van der Waals surface area (Å²) in [7, 11) is 0. The Morgan fingerprint density at radius 3 is 2.81 bits per heavy atom. The number of carbonyl (C=O) groups is 1. The quantitative estimate of drug-likeness (QED) is 0.542. The van der Waals surface area contributed by atoms with Crippen LogP contribution in [0, 0.1) is 6.92 Å². The summed E-state index contributed by atoms with van der Waals surface area (Å²) in [6.07, 6.45) is 5.15. The molecule has 156 valence electrons. The summed E-state index contributed by atoms with van der Waals surface area (Å²) in [4.78, 5) is 34.1. The molecule has 0 aromatic carbocycles. The van der Waals surface area contributed by atoms with Crippen molar-refractivity contribution < 1.29 is 9.53 Å². The summed E-state index contributed by atoms with van der Waals surface area (Å²) in [6.45, 7) is 2.37. The fraction of sp³-hybridized carbons (Fsp3) is 0.227. The molecule has 5 heterocycles. The second kappa shape index (κ2) is 7.77. The van der Waals surface area contributed by atoms with Crippen LogP contribution in [0.2, 0.25) is 0 Å². The first-order valence-corrected chi connectivity index (χ1v) is 9.94. The van der Waals surface area contributed by atoms with Crippen molar-refractivity contribution in [2.75, 3.05) is 13.2 Å². The molecule has 2 atom stereocenters. The molecule has 5 rings (SSSR count). The van der Waals surface area contributed by atoms with Crippen LogP contribution in [0.25, 0.3) is 16.9 Å².